The van der Waals surface area contributed by atoms with Crippen molar-refractivity contribution in [2.45, 2.75) is 50.8 Å². The number of aliphatic hydroxyl groups is 1. The van der Waals surface area contributed by atoms with Crippen molar-refractivity contribution in [3.05, 3.63) is 35.6 Å². The van der Waals surface area contributed by atoms with Gasteiger partial charge in [-0.2, -0.15) is 0 Å². The maximum Gasteiger partial charge on any atom is 0.190 e. The molecule has 3 rings (SSSR count). The van der Waals surface area contributed by atoms with Crippen LogP contribution in [0.5, 0.6) is 0 Å². The van der Waals surface area contributed by atoms with Crippen molar-refractivity contribution < 1.29 is 28.4 Å². The number of fused-ring (bicyclic) bond motifs is 1. The van der Waals surface area contributed by atoms with Gasteiger partial charge in [0.1, 0.15) is 24.1 Å². The lowest BCUT2D eigenvalue weighted by atomic mass is 10.1. The summed E-state index contributed by atoms with van der Waals surface area (Å²) in [6.07, 6.45) is -1.82. The standard InChI is InChI=1S/C15H19FO5/c1-15(2)20-13-12(11(7-17)19-14(13)21-15)18-8-9-3-5-10(16)6-4-9/h3-6,11-14,17H,7-8H2,1-2H3/t11-,12+,13-,14?/m1/s1. The van der Waals surface area contributed by atoms with Gasteiger partial charge in [0.25, 0.3) is 0 Å². The molecule has 2 heterocycles. The zero-order valence-electron chi connectivity index (χ0n) is 12.0. The largest absolute Gasteiger partial charge is 0.394 e. The van der Waals surface area contributed by atoms with Crippen LogP contribution in [0.2, 0.25) is 0 Å². The predicted octanol–water partition coefficient (Wildman–Crippen LogP) is 1.58. The fraction of sp³-hybridized carbons (Fsp3) is 0.600. The van der Waals surface area contributed by atoms with Crippen molar-refractivity contribution in [2.75, 3.05) is 6.61 Å². The molecular formula is C15H19FO5. The molecule has 0 spiro atoms. The van der Waals surface area contributed by atoms with Gasteiger partial charge in [-0.05, 0) is 31.5 Å². The minimum atomic E-state index is -0.729. The van der Waals surface area contributed by atoms with Crippen LogP contribution in [-0.4, -0.2) is 42.1 Å². The molecule has 0 aromatic heterocycles. The zero-order chi connectivity index (χ0) is 15.0. The van der Waals surface area contributed by atoms with Crippen molar-refractivity contribution in [1.82, 2.24) is 0 Å². The number of ether oxygens (including phenoxy) is 4. The summed E-state index contributed by atoms with van der Waals surface area (Å²) in [6, 6.07) is 6.09. The molecular weight excluding hydrogens is 279 g/mol. The summed E-state index contributed by atoms with van der Waals surface area (Å²) in [6.45, 7) is 3.73. The Labute approximate surface area is 122 Å². The molecule has 0 radical (unpaired) electrons. The third-order valence-corrected chi connectivity index (χ3v) is 3.62. The van der Waals surface area contributed by atoms with Crippen molar-refractivity contribution in [1.29, 1.82) is 0 Å². The van der Waals surface area contributed by atoms with Crippen molar-refractivity contribution in [2.24, 2.45) is 0 Å². The molecule has 2 aliphatic rings. The first kappa shape index (κ1) is 14.9. The summed E-state index contributed by atoms with van der Waals surface area (Å²) in [5, 5.41) is 9.39. The smallest absolute Gasteiger partial charge is 0.190 e. The average molecular weight is 298 g/mol. The summed E-state index contributed by atoms with van der Waals surface area (Å²) in [5.74, 6) is -1.02. The molecule has 2 saturated heterocycles. The van der Waals surface area contributed by atoms with Gasteiger partial charge in [-0.1, -0.05) is 12.1 Å². The molecule has 1 unspecified atom stereocenters. The van der Waals surface area contributed by atoms with Gasteiger partial charge < -0.3 is 24.1 Å². The molecule has 1 aromatic rings. The highest BCUT2D eigenvalue weighted by molar-refractivity contribution is 5.15. The Kier molecular flexibility index (Phi) is 3.98. The van der Waals surface area contributed by atoms with Gasteiger partial charge in [-0.3, -0.25) is 0 Å². The number of hydrogen-bond acceptors (Lipinski definition) is 5. The van der Waals surface area contributed by atoms with Crippen LogP contribution in [-0.2, 0) is 25.6 Å². The Balaban J connectivity index is 1.66. The molecule has 0 amide bonds. The van der Waals surface area contributed by atoms with Gasteiger partial charge in [0, 0.05) is 0 Å². The van der Waals surface area contributed by atoms with E-state index in [9.17, 15) is 9.50 Å². The van der Waals surface area contributed by atoms with Gasteiger partial charge in [0.2, 0.25) is 0 Å². The van der Waals surface area contributed by atoms with Crippen LogP contribution in [0.3, 0.4) is 0 Å². The molecule has 0 saturated carbocycles. The van der Waals surface area contributed by atoms with Crippen LogP contribution in [0, 0.1) is 5.82 Å². The topological polar surface area (TPSA) is 57.2 Å². The molecule has 0 aliphatic carbocycles. The Morgan fingerprint density at radius 3 is 2.62 bits per heavy atom. The lowest BCUT2D eigenvalue weighted by molar-refractivity contribution is -0.222. The maximum atomic E-state index is 12.9. The Morgan fingerprint density at radius 1 is 1.24 bits per heavy atom. The summed E-state index contributed by atoms with van der Waals surface area (Å²) in [4.78, 5) is 0. The van der Waals surface area contributed by atoms with Gasteiger partial charge in [0.05, 0.1) is 13.2 Å². The van der Waals surface area contributed by atoms with Gasteiger partial charge in [-0.25, -0.2) is 4.39 Å². The number of aliphatic hydroxyl groups excluding tert-OH is 1. The second-order valence-electron chi connectivity index (χ2n) is 5.73. The molecule has 0 bridgehead atoms. The van der Waals surface area contributed by atoms with E-state index < -0.39 is 24.3 Å². The van der Waals surface area contributed by atoms with E-state index >= 15 is 0 Å². The minimum absolute atomic E-state index is 0.172. The molecule has 5 nitrogen and oxygen atoms in total. The summed E-state index contributed by atoms with van der Waals surface area (Å²) in [7, 11) is 0. The van der Waals surface area contributed by atoms with Gasteiger partial charge in [0.15, 0.2) is 12.1 Å². The highest BCUT2D eigenvalue weighted by Crippen LogP contribution is 2.38. The van der Waals surface area contributed by atoms with E-state index in [2.05, 4.69) is 0 Å². The first-order chi connectivity index (χ1) is 9.98. The maximum absolute atomic E-state index is 12.9. The lowest BCUT2D eigenvalue weighted by Gasteiger charge is -2.25. The van der Waals surface area contributed by atoms with E-state index in [0.717, 1.165) is 5.56 Å². The fourth-order valence-corrected chi connectivity index (χ4v) is 2.67. The van der Waals surface area contributed by atoms with Gasteiger partial charge >= 0.3 is 0 Å². The van der Waals surface area contributed by atoms with E-state index in [1.165, 1.54) is 12.1 Å². The van der Waals surface area contributed by atoms with Crippen LogP contribution in [0.4, 0.5) is 4.39 Å². The minimum Gasteiger partial charge on any atom is -0.394 e. The molecule has 116 valence electrons. The highest BCUT2D eigenvalue weighted by atomic mass is 19.1. The molecule has 1 aromatic carbocycles. The number of benzene rings is 1. The normalized spacial score (nSPS) is 34.1. The Hall–Kier alpha value is -1.05. The summed E-state index contributed by atoms with van der Waals surface area (Å²) in [5.41, 5.74) is 0.842. The molecule has 21 heavy (non-hydrogen) atoms. The van der Waals surface area contributed by atoms with Crippen LogP contribution in [0.15, 0.2) is 24.3 Å². The number of hydrogen-bond donors (Lipinski definition) is 1. The highest BCUT2D eigenvalue weighted by Gasteiger charge is 2.55. The molecule has 4 atom stereocenters. The Morgan fingerprint density at radius 2 is 1.95 bits per heavy atom. The first-order valence-corrected chi connectivity index (χ1v) is 6.96. The van der Waals surface area contributed by atoms with E-state index in [-0.39, 0.29) is 25.1 Å². The van der Waals surface area contributed by atoms with Crippen molar-refractivity contribution in [3.8, 4) is 0 Å². The SMILES string of the molecule is CC1(C)OC2O[C@H](CO)[C@H](OCc3ccc(F)cc3)[C@H]2O1. The average Bonchev–Trinajstić information content (AvgIpc) is 2.90. The number of rotatable bonds is 4. The zero-order valence-corrected chi connectivity index (χ0v) is 12.0. The van der Waals surface area contributed by atoms with Crippen LogP contribution < -0.4 is 0 Å². The first-order valence-electron chi connectivity index (χ1n) is 6.96. The molecule has 6 heteroatoms. The van der Waals surface area contributed by atoms with E-state index in [0.29, 0.717) is 0 Å². The Bertz CT molecular complexity index is 489. The molecule has 2 aliphatic heterocycles. The van der Waals surface area contributed by atoms with Gasteiger partial charge in [-0.15, -0.1) is 0 Å². The quantitative estimate of drug-likeness (QED) is 0.914. The number of halogens is 1. The van der Waals surface area contributed by atoms with Crippen LogP contribution in [0.25, 0.3) is 0 Å². The second kappa shape index (κ2) is 5.62. The summed E-state index contributed by atoms with van der Waals surface area (Å²) < 4.78 is 35.7. The van der Waals surface area contributed by atoms with Crippen molar-refractivity contribution >= 4 is 0 Å². The lowest BCUT2D eigenvalue weighted by Crippen LogP contribution is -2.38. The monoisotopic (exact) mass is 298 g/mol. The van der Waals surface area contributed by atoms with E-state index in [1.807, 2.05) is 0 Å². The third-order valence-electron chi connectivity index (χ3n) is 3.62. The van der Waals surface area contributed by atoms with Crippen molar-refractivity contribution in [3.63, 3.8) is 0 Å². The predicted molar refractivity (Wildman–Crippen MR) is 70.8 cm³/mol. The molecule has 1 N–H and O–H groups in total. The second-order valence-corrected chi connectivity index (χ2v) is 5.73. The fourth-order valence-electron chi connectivity index (χ4n) is 2.67. The van der Waals surface area contributed by atoms with Crippen LogP contribution >= 0.6 is 0 Å². The van der Waals surface area contributed by atoms with Crippen LogP contribution in [0.1, 0.15) is 19.4 Å². The van der Waals surface area contributed by atoms with E-state index in [1.54, 1.807) is 26.0 Å². The molecule has 2 fully saturated rings. The van der Waals surface area contributed by atoms with E-state index in [4.69, 9.17) is 18.9 Å². The third kappa shape index (κ3) is 3.09. The summed E-state index contributed by atoms with van der Waals surface area (Å²) >= 11 is 0.